The highest BCUT2D eigenvalue weighted by Gasteiger charge is 2.28. The lowest BCUT2D eigenvalue weighted by Crippen LogP contribution is -2.31. The van der Waals surface area contributed by atoms with Crippen molar-refractivity contribution in [2.24, 2.45) is 0 Å². The number of imidazole rings is 1. The van der Waals surface area contributed by atoms with Gasteiger partial charge in [-0.25, -0.2) is 4.98 Å². The molecule has 0 atom stereocenters. The van der Waals surface area contributed by atoms with Crippen LogP contribution in [0.5, 0.6) is 0 Å². The number of amides is 1. The van der Waals surface area contributed by atoms with Crippen LogP contribution in [0.25, 0.3) is 17.1 Å². The van der Waals surface area contributed by atoms with Crippen LogP contribution in [0.15, 0.2) is 63.5 Å². The minimum atomic E-state index is 0.130. The van der Waals surface area contributed by atoms with Crippen molar-refractivity contribution in [3.8, 4) is 0 Å². The van der Waals surface area contributed by atoms with E-state index < -0.39 is 0 Å². The molecule has 26 heavy (non-hydrogen) atoms. The first-order valence-electron chi connectivity index (χ1n) is 8.48. The molecule has 1 aliphatic heterocycles. The number of H-pyrrole nitrogens is 1. The van der Waals surface area contributed by atoms with Gasteiger partial charge in [0.2, 0.25) is 0 Å². The minimum absolute atomic E-state index is 0.130. The van der Waals surface area contributed by atoms with E-state index in [1.54, 1.807) is 23.5 Å². The van der Waals surface area contributed by atoms with E-state index in [1.165, 1.54) is 0 Å². The number of thioether (sulfide) groups is 1. The zero-order chi connectivity index (χ0) is 18.1. The average molecular weight is 382 g/mol. The van der Waals surface area contributed by atoms with Crippen LogP contribution in [0.4, 0.5) is 0 Å². The van der Waals surface area contributed by atoms with Crippen molar-refractivity contribution in [1.82, 2.24) is 14.9 Å². The SMILES string of the molecule is CC(C)N1CS/C(=C\c2ccc(Sc3nc4ccccc4[nH]3)cc2)C1=O. The van der Waals surface area contributed by atoms with E-state index in [0.717, 1.165) is 37.4 Å². The number of hydrogen-bond donors (Lipinski definition) is 1. The second-order valence-electron chi connectivity index (χ2n) is 6.38. The molecule has 1 amide bonds. The number of aromatic nitrogens is 2. The molecule has 4 rings (SSSR count). The summed E-state index contributed by atoms with van der Waals surface area (Å²) in [5.74, 6) is 0.869. The summed E-state index contributed by atoms with van der Waals surface area (Å²) in [6.07, 6.45) is 1.98. The van der Waals surface area contributed by atoms with Gasteiger partial charge in [-0.1, -0.05) is 47.8 Å². The molecular weight excluding hydrogens is 362 g/mol. The number of carbonyl (C=O) groups excluding carboxylic acids is 1. The topological polar surface area (TPSA) is 49.0 Å². The van der Waals surface area contributed by atoms with Gasteiger partial charge in [0, 0.05) is 10.9 Å². The summed E-state index contributed by atoms with van der Waals surface area (Å²) in [5, 5.41) is 0.881. The van der Waals surface area contributed by atoms with Crippen LogP contribution in [-0.4, -0.2) is 32.7 Å². The van der Waals surface area contributed by atoms with Crippen LogP contribution in [-0.2, 0) is 4.79 Å². The lowest BCUT2D eigenvalue weighted by molar-refractivity contribution is -0.126. The summed E-state index contributed by atoms with van der Waals surface area (Å²) < 4.78 is 0. The van der Waals surface area contributed by atoms with E-state index in [4.69, 9.17) is 0 Å². The molecule has 2 heterocycles. The molecule has 132 valence electrons. The Labute approximate surface area is 161 Å². The lowest BCUT2D eigenvalue weighted by atomic mass is 10.2. The Morgan fingerprint density at radius 1 is 1.19 bits per heavy atom. The van der Waals surface area contributed by atoms with Crippen molar-refractivity contribution in [2.75, 3.05) is 5.88 Å². The highest BCUT2D eigenvalue weighted by atomic mass is 32.2. The number of aromatic amines is 1. The fraction of sp³-hybridized carbons (Fsp3) is 0.200. The number of rotatable bonds is 4. The highest BCUT2D eigenvalue weighted by molar-refractivity contribution is 8.04. The van der Waals surface area contributed by atoms with Gasteiger partial charge in [-0.05, 0) is 49.8 Å². The summed E-state index contributed by atoms with van der Waals surface area (Å²) >= 11 is 3.21. The summed E-state index contributed by atoms with van der Waals surface area (Å²) in [4.78, 5) is 24.1. The standard InChI is InChI=1S/C20H19N3OS2/c1-13(2)23-12-25-18(19(23)24)11-14-7-9-15(10-8-14)26-20-21-16-5-3-4-6-17(16)22-20/h3-11,13H,12H2,1-2H3,(H,21,22)/b18-11-. The third-order valence-electron chi connectivity index (χ3n) is 4.21. The first kappa shape index (κ1) is 17.2. The Morgan fingerprint density at radius 2 is 1.96 bits per heavy atom. The van der Waals surface area contributed by atoms with Gasteiger partial charge in [-0.3, -0.25) is 4.79 Å². The maximum Gasteiger partial charge on any atom is 0.261 e. The van der Waals surface area contributed by atoms with E-state index >= 15 is 0 Å². The van der Waals surface area contributed by atoms with Gasteiger partial charge < -0.3 is 9.88 Å². The first-order valence-corrected chi connectivity index (χ1v) is 10.3. The molecular formula is C20H19N3OS2. The zero-order valence-corrected chi connectivity index (χ0v) is 16.2. The second-order valence-corrected chi connectivity index (χ2v) is 8.43. The maximum atomic E-state index is 12.4. The highest BCUT2D eigenvalue weighted by Crippen LogP contribution is 2.32. The number of nitrogens with zero attached hydrogens (tertiary/aromatic N) is 2. The number of fused-ring (bicyclic) bond motifs is 1. The second kappa shape index (κ2) is 7.21. The molecule has 0 bridgehead atoms. The third kappa shape index (κ3) is 3.52. The normalized spacial score (nSPS) is 16.3. The predicted molar refractivity (Wildman–Crippen MR) is 109 cm³/mol. The Balaban J connectivity index is 1.48. The Hall–Kier alpha value is -2.18. The summed E-state index contributed by atoms with van der Waals surface area (Å²) in [5.41, 5.74) is 3.06. The van der Waals surface area contributed by atoms with Crippen LogP contribution < -0.4 is 0 Å². The Bertz CT molecular complexity index is 943. The number of carbonyl (C=O) groups is 1. The van der Waals surface area contributed by atoms with E-state index in [0.29, 0.717) is 0 Å². The smallest absolute Gasteiger partial charge is 0.261 e. The van der Waals surface area contributed by atoms with Crippen molar-refractivity contribution >= 4 is 46.5 Å². The Morgan fingerprint density at radius 3 is 2.65 bits per heavy atom. The molecule has 1 aromatic heterocycles. The molecule has 0 unspecified atom stereocenters. The molecule has 1 fully saturated rings. The van der Waals surface area contributed by atoms with Crippen LogP contribution >= 0.6 is 23.5 Å². The van der Waals surface area contributed by atoms with E-state index in [2.05, 4.69) is 22.1 Å². The van der Waals surface area contributed by atoms with Gasteiger partial charge in [0.15, 0.2) is 5.16 Å². The molecule has 1 saturated heterocycles. The van der Waals surface area contributed by atoms with Crippen molar-refractivity contribution in [1.29, 1.82) is 0 Å². The van der Waals surface area contributed by atoms with Crippen LogP contribution in [0, 0.1) is 0 Å². The average Bonchev–Trinajstić information content (AvgIpc) is 3.20. The Kier molecular flexibility index (Phi) is 4.78. The van der Waals surface area contributed by atoms with E-state index in [-0.39, 0.29) is 11.9 Å². The molecule has 6 heteroatoms. The van der Waals surface area contributed by atoms with Crippen LogP contribution in [0.3, 0.4) is 0 Å². The van der Waals surface area contributed by atoms with Gasteiger partial charge in [0.05, 0.1) is 21.8 Å². The van der Waals surface area contributed by atoms with Crippen molar-refractivity contribution in [3.05, 3.63) is 59.0 Å². The lowest BCUT2D eigenvalue weighted by Gasteiger charge is -2.18. The largest absolute Gasteiger partial charge is 0.333 e. The molecule has 4 nitrogen and oxygen atoms in total. The number of para-hydroxylation sites is 2. The number of nitrogens with one attached hydrogen (secondary N) is 1. The van der Waals surface area contributed by atoms with Crippen LogP contribution in [0.1, 0.15) is 19.4 Å². The molecule has 0 radical (unpaired) electrons. The van der Waals surface area contributed by atoms with Crippen molar-refractivity contribution in [2.45, 2.75) is 29.9 Å². The fourth-order valence-corrected chi connectivity index (χ4v) is 4.71. The molecule has 0 spiro atoms. The molecule has 2 aromatic carbocycles. The van der Waals surface area contributed by atoms with Crippen molar-refractivity contribution in [3.63, 3.8) is 0 Å². The van der Waals surface area contributed by atoms with Gasteiger partial charge >= 0.3 is 0 Å². The quantitative estimate of drug-likeness (QED) is 0.647. The van der Waals surface area contributed by atoms with Gasteiger partial charge in [-0.15, -0.1) is 0 Å². The van der Waals surface area contributed by atoms with E-state index in [9.17, 15) is 4.79 Å². The minimum Gasteiger partial charge on any atom is -0.333 e. The maximum absolute atomic E-state index is 12.4. The van der Waals surface area contributed by atoms with Gasteiger partial charge in [0.1, 0.15) is 0 Å². The van der Waals surface area contributed by atoms with Gasteiger partial charge in [-0.2, -0.15) is 0 Å². The summed E-state index contributed by atoms with van der Waals surface area (Å²) in [7, 11) is 0. The summed E-state index contributed by atoms with van der Waals surface area (Å²) in [6, 6.07) is 16.5. The predicted octanol–water partition coefficient (Wildman–Crippen LogP) is 5.00. The first-order chi connectivity index (χ1) is 12.6. The fourth-order valence-electron chi connectivity index (χ4n) is 2.76. The van der Waals surface area contributed by atoms with Crippen molar-refractivity contribution < 1.29 is 4.79 Å². The molecule has 1 aliphatic rings. The van der Waals surface area contributed by atoms with Gasteiger partial charge in [0.25, 0.3) is 5.91 Å². The zero-order valence-electron chi connectivity index (χ0n) is 14.6. The van der Waals surface area contributed by atoms with E-state index in [1.807, 2.05) is 61.2 Å². The monoisotopic (exact) mass is 381 g/mol. The molecule has 3 aromatic rings. The molecule has 0 aliphatic carbocycles. The number of hydrogen-bond acceptors (Lipinski definition) is 4. The number of benzene rings is 2. The summed E-state index contributed by atoms with van der Waals surface area (Å²) in [6.45, 7) is 4.09. The molecule has 0 saturated carbocycles. The third-order valence-corrected chi connectivity index (χ3v) is 6.12. The van der Waals surface area contributed by atoms with Crippen LogP contribution in [0.2, 0.25) is 0 Å². The molecule has 1 N–H and O–H groups in total.